The molecule has 2 heterocycles. The van der Waals surface area contributed by atoms with Crippen LogP contribution in [0.4, 0.5) is 5.82 Å². The maximum atomic E-state index is 11.8. The summed E-state index contributed by atoms with van der Waals surface area (Å²) < 4.78 is 0. The molecule has 5 nitrogen and oxygen atoms in total. The lowest BCUT2D eigenvalue weighted by atomic mass is 10.0. The molecule has 1 fully saturated rings. The highest BCUT2D eigenvalue weighted by Crippen LogP contribution is 2.16. The van der Waals surface area contributed by atoms with E-state index in [4.69, 9.17) is 0 Å². The number of carbonyl (C=O) groups is 1. The molecule has 0 saturated carbocycles. The van der Waals surface area contributed by atoms with Gasteiger partial charge in [0.25, 0.3) is 5.91 Å². The van der Waals surface area contributed by atoms with Crippen molar-refractivity contribution in [3.05, 3.63) is 23.9 Å². The van der Waals surface area contributed by atoms with Crippen molar-refractivity contribution in [2.24, 2.45) is 5.92 Å². The van der Waals surface area contributed by atoms with Gasteiger partial charge in [-0.15, -0.1) is 0 Å². The van der Waals surface area contributed by atoms with Gasteiger partial charge in [-0.3, -0.25) is 4.79 Å². The van der Waals surface area contributed by atoms with E-state index in [-0.39, 0.29) is 5.91 Å². The largest absolute Gasteiger partial charge is 0.369 e. The highest BCUT2D eigenvalue weighted by molar-refractivity contribution is 5.98. The molecule has 122 valence electrons. The number of piperidine rings is 1. The molecule has 0 aliphatic carbocycles. The van der Waals surface area contributed by atoms with Crippen LogP contribution in [0.15, 0.2) is 18.3 Å². The summed E-state index contributed by atoms with van der Waals surface area (Å²) >= 11 is 0. The number of pyridine rings is 1. The standard InChI is InChI=1S/C17H28N4O/c1-14-7-6-12-21(13-14)11-4-3-9-19-16-15(17(22)18-2)8-5-10-20-16/h5,8,10,14H,3-4,6-7,9,11-13H2,1-2H3,(H,18,22)(H,19,20). The van der Waals surface area contributed by atoms with Crippen LogP contribution in [-0.2, 0) is 0 Å². The molecular formula is C17H28N4O. The summed E-state index contributed by atoms with van der Waals surface area (Å²) in [5.41, 5.74) is 0.606. The monoisotopic (exact) mass is 304 g/mol. The number of aromatic nitrogens is 1. The van der Waals surface area contributed by atoms with Gasteiger partial charge in [0, 0.05) is 26.3 Å². The van der Waals surface area contributed by atoms with Crippen LogP contribution < -0.4 is 10.6 Å². The third kappa shape index (κ3) is 4.98. The van der Waals surface area contributed by atoms with Gasteiger partial charge in [-0.2, -0.15) is 0 Å². The van der Waals surface area contributed by atoms with E-state index in [1.807, 2.05) is 0 Å². The number of carbonyl (C=O) groups excluding carboxylic acids is 1. The number of anilines is 1. The van der Waals surface area contributed by atoms with Crippen LogP contribution in [0.5, 0.6) is 0 Å². The first kappa shape index (κ1) is 16.7. The first-order valence-electron chi connectivity index (χ1n) is 8.34. The summed E-state index contributed by atoms with van der Waals surface area (Å²) in [6.45, 7) is 6.86. The Morgan fingerprint density at radius 3 is 3.09 bits per heavy atom. The minimum absolute atomic E-state index is 0.0992. The molecule has 1 aliphatic rings. The molecule has 1 saturated heterocycles. The molecule has 5 heteroatoms. The van der Waals surface area contributed by atoms with E-state index in [0.29, 0.717) is 11.4 Å². The van der Waals surface area contributed by atoms with E-state index in [1.54, 1.807) is 25.4 Å². The molecule has 2 N–H and O–H groups in total. The second kappa shape index (κ2) is 8.73. The SMILES string of the molecule is CNC(=O)c1cccnc1NCCCCN1CCCC(C)C1. The number of unbranched alkanes of at least 4 members (excludes halogenated alkanes) is 1. The zero-order valence-corrected chi connectivity index (χ0v) is 13.8. The molecular weight excluding hydrogens is 276 g/mol. The number of nitrogens with one attached hydrogen (secondary N) is 2. The highest BCUT2D eigenvalue weighted by Gasteiger charge is 2.15. The molecule has 0 bridgehead atoms. The number of hydrogen-bond donors (Lipinski definition) is 2. The lowest BCUT2D eigenvalue weighted by Crippen LogP contribution is -2.35. The van der Waals surface area contributed by atoms with Gasteiger partial charge in [0.1, 0.15) is 5.82 Å². The number of amides is 1. The van der Waals surface area contributed by atoms with Gasteiger partial charge in [-0.25, -0.2) is 4.98 Å². The Labute approximate surface area is 133 Å². The van der Waals surface area contributed by atoms with Gasteiger partial charge in [0.05, 0.1) is 5.56 Å². The molecule has 1 aromatic rings. The third-order valence-electron chi connectivity index (χ3n) is 4.21. The van der Waals surface area contributed by atoms with Crippen LogP contribution in [0.2, 0.25) is 0 Å². The summed E-state index contributed by atoms with van der Waals surface area (Å²) in [6, 6.07) is 3.58. The molecule has 0 spiro atoms. The van der Waals surface area contributed by atoms with Crippen LogP contribution in [-0.4, -0.2) is 49.0 Å². The number of hydrogen-bond acceptors (Lipinski definition) is 4. The van der Waals surface area contributed by atoms with E-state index >= 15 is 0 Å². The topological polar surface area (TPSA) is 57.3 Å². The summed E-state index contributed by atoms with van der Waals surface area (Å²) in [5.74, 6) is 1.42. The third-order valence-corrected chi connectivity index (χ3v) is 4.21. The quantitative estimate of drug-likeness (QED) is 0.759. The first-order chi connectivity index (χ1) is 10.7. The van der Waals surface area contributed by atoms with Crippen LogP contribution in [0.25, 0.3) is 0 Å². The normalized spacial score (nSPS) is 18.9. The minimum Gasteiger partial charge on any atom is -0.369 e. The van der Waals surface area contributed by atoms with E-state index in [0.717, 1.165) is 18.9 Å². The average molecular weight is 304 g/mol. The molecule has 1 aromatic heterocycles. The summed E-state index contributed by atoms with van der Waals surface area (Å²) in [4.78, 5) is 18.6. The molecule has 1 unspecified atom stereocenters. The van der Waals surface area contributed by atoms with Crippen molar-refractivity contribution in [1.29, 1.82) is 0 Å². The fourth-order valence-electron chi connectivity index (χ4n) is 3.02. The Morgan fingerprint density at radius 2 is 2.32 bits per heavy atom. The molecule has 2 rings (SSSR count). The summed E-state index contributed by atoms with van der Waals surface area (Å²) in [7, 11) is 1.64. The van der Waals surface area contributed by atoms with Gasteiger partial charge in [-0.1, -0.05) is 6.92 Å². The van der Waals surface area contributed by atoms with E-state index in [2.05, 4.69) is 27.4 Å². The van der Waals surface area contributed by atoms with E-state index in [1.165, 1.54) is 38.9 Å². The molecule has 1 atom stereocenters. The van der Waals surface area contributed by atoms with Crippen LogP contribution in [0.3, 0.4) is 0 Å². The van der Waals surface area contributed by atoms with Gasteiger partial charge >= 0.3 is 0 Å². The van der Waals surface area contributed by atoms with Crippen LogP contribution in [0, 0.1) is 5.92 Å². The van der Waals surface area contributed by atoms with Crippen molar-refractivity contribution in [2.75, 3.05) is 38.5 Å². The molecule has 0 aromatic carbocycles. The molecule has 1 amide bonds. The van der Waals surface area contributed by atoms with Gasteiger partial charge < -0.3 is 15.5 Å². The smallest absolute Gasteiger partial charge is 0.254 e. The van der Waals surface area contributed by atoms with E-state index < -0.39 is 0 Å². The minimum atomic E-state index is -0.0992. The number of rotatable bonds is 7. The number of likely N-dealkylation sites (tertiary alicyclic amines) is 1. The average Bonchev–Trinajstić information content (AvgIpc) is 2.54. The van der Waals surface area contributed by atoms with Crippen LogP contribution in [0.1, 0.15) is 43.0 Å². The van der Waals surface area contributed by atoms with Gasteiger partial charge in [-0.05, 0) is 56.8 Å². The Balaban J connectivity index is 1.69. The van der Waals surface area contributed by atoms with Crippen molar-refractivity contribution in [1.82, 2.24) is 15.2 Å². The molecule has 0 radical (unpaired) electrons. The zero-order valence-electron chi connectivity index (χ0n) is 13.8. The van der Waals surface area contributed by atoms with Crippen molar-refractivity contribution in [3.63, 3.8) is 0 Å². The fourth-order valence-corrected chi connectivity index (χ4v) is 3.02. The maximum Gasteiger partial charge on any atom is 0.254 e. The van der Waals surface area contributed by atoms with Crippen molar-refractivity contribution >= 4 is 11.7 Å². The molecule has 1 aliphatic heterocycles. The van der Waals surface area contributed by atoms with Gasteiger partial charge in [0.15, 0.2) is 0 Å². The second-order valence-electron chi connectivity index (χ2n) is 6.16. The number of nitrogens with zero attached hydrogens (tertiary/aromatic N) is 2. The Kier molecular flexibility index (Phi) is 6.65. The fraction of sp³-hybridized carbons (Fsp3) is 0.647. The lowest BCUT2D eigenvalue weighted by molar-refractivity contribution is 0.0963. The Bertz CT molecular complexity index is 477. The molecule has 22 heavy (non-hydrogen) atoms. The second-order valence-corrected chi connectivity index (χ2v) is 6.16. The van der Waals surface area contributed by atoms with Crippen molar-refractivity contribution in [3.8, 4) is 0 Å². The zero-order chi connectivity index (χ0) is 15.8. The predicted octanol–water partition coefficient (Wildman–Crippen LogP) is 2.37. The summed E-state index contributed by atoms with van der Waals surface area (Å²) in [5, 5.41) is 5.93. The highest BCUT2D eigenvalue weighted by atomic mass is 16.1. The van der Waals surface area contributed by atoms with Crippen molar-refractivity contribution in [2.45, 2.75) is 32.6 Å². The van der Waals surface area contributed by atoms with Crippen molar-refractivity contribution < 1.29 is 4.79 Å². The Morgan fingerprint density at radius 1 is 1.45 bits per heavy atom. The Hall–Kier alpha value is -1.62. The lowest BCUT2D eigenvalue weighted by Gasteiger charge is -2.30. The first-order valence-corrected chi connectivity index (χ1v) is 8.34. The predicted molar refractivity (Wildman–Crippen MR) is 90.2 cm³/mol. The van der Waals surface area contributed by atoms with Gasteiger partial charge in [0.2, 0.25) is 0 Å². The maximum absolute atomic E-state index is 11.8. The van der Waals surface area contributed by atoms with E-state index in [9.17, 15) is 4.79 Å². The summed E-state index contributed by atoms with van der Waals surface area (Å²) in [6.07, 6.45) is 6.70. The van der Waals surface area contributed by atoms with Crippen LogP contribution >= 0.6 is 0 Å².